The van der Waals surface area contributed by atoms with E-state index in [1.54, 1.807) is 6.07 Å². The summed E-state index contributed by atoms with van der Waals surface area (Å²) < 4.78 is 26.9. The molecule has 84 valence electrons. The summed E-state index contributed by atoms with van der Waals surface area (Å²) in [6.07, 6.45) is -0.519. The van der Waals surface area contributed by atoms with Gasteiger partial charge < -0.3 is 5.11 Å². The van der Waals surface area contributed by atoms with Crippen LogP contribution in [0.25, 0.3) is 0 Å². The molecule has 0 radical (unpaired) electrons. The number of alkyl halides is 2. The second-order valence-corrected chi connectivity index (χ2v) is 3.96. The Morgan fingerprint density at radius 1 is 1.33 bits per heavy atom. The predicted octanol–water partition coefficient (Wildman–Crippen LogP) is 3.28. The van der Waals surface area contributed by atoms with Crippen LogP contribution in [-0.2, 0) is 5.92 Å². The van der Waals surface area contributed by atoms with Gasteiger partial charge in [0, 0.05) is 18.6 Å². The number of rotatable bonds is 4. The van der Waals surface area contributed by atoms with Crippen molar-refractivity contribution in [3.63, 3.8) is 0 Å². The molecule has 0 spiro atoms. The van der Waals surface area contributed by atoms with Crippen LogP contribution >= 0.6 is 0 Å². The Morgan fingerprint density at radius 3 is 2.53 bits per heavy atom. The first kappa shape index (κ1) is 12.1. The van der Waals surface area contributed by atoms with Gasteiger partial charge in [0.25, 0.3) is 5.92 Å². The first-order chi connectivity index (χ1) is 6.97. The minimum atomic E-state index is -2.93. The van der Waals surface area contributed by atoms with Crippen LogP contribution in [0.5, 0.6) is 0 Å². The zero-order valence-corrected chi connectivity index (χ0v) is 9.00. The van der Waals surface area contributed by atoms with Crippen molar-refractivity contribution in [2.45, 2.75) is 32.1 Å². The molecule has 0 aliphatic carbocycles. The van der Waals surface area contributed by atoms with Crippen molar-refractivity contribution >= 4 is 0 Å². The molecule has 1 nitrogen and oxygen atoms in total. The Hall–Kier alpha value is -0.960. The Bertz CT molecular complexity index is 321. The van der Waals surface area contributed by atoms with E-state index in [4.69, 9.17) is 5.11 Å². The molecular formula is C12H16F2O. The SMILES string of the molecule is CC(C)c1cccc(C(F)(F)CCO)c1. The zero-order chi connectivity index (χ0) is 11.5. The number of benzene rings is 1. The van der Waals surface area contributed by atoms with Crippen LogP contribution in [0.4, 0.5) is 8.78 Å². The van der Waals surface area contributed by atoms with E-state index in [1.165, 1.54) is 12.1 Å². The topological polar surface area (TPSA) is 20.2 Å². The standard InChI is InChI=1S/C12H16F2O/c1-9(2)10-4-3-5-11(8-10)12(13,14)6-7-15/h3-5,8-9,15H,6-7H2,1-2H3. The highest BCUT2D eigenvalue weighted by Crippen LogP contribution is 2.32. The highest BCUT2D eigenvalue weighted by molar-refractivity contribution is 5.28. The van der Waals surface area contributed by atoms with Gasteiger partial charge in [0.1, 0.15) is 0 Å². The summed E-state index contributed by atoms with van der Waals surface area (Å²) in [7, 11) is 0. The van der Waals surface area contributed by atoms with E-state index < -0.39 is 19.0 Å². The van der Waals surface area contributed by atoms with Crippen molar-refractivity contribution in [1.82, 2.24) is 0 Å². The number of aliphatic hydroxyl groups excluding tert-OH is 1. The molecule has 3 heteroatoms. The zero-order valence-electron chi connectivity index (χ0n) is 9.00. The van der Waals surface area contributed by atoms with Gasteiger partial charge in [-0.25, -0.2) is 8.78 Å². The molecule has 0 aromatic heterocycles. The summed E-state index contributed by atoms with van der Waals surface area (Å²) in [4.78, 5) is 0. The molecule has 1 N–H and O–H groups in total. The van der Waals surface area contributed by atoms with Gasteiger partial charge in [-0.2, -0.15) is 0 Å². The summed E-state index contributed by atoms with van der Waals surface area (Å²) >= 11 is 0. The summed E-state index contributed by atoms with van der Waals surface area (Å²) in [6, 6.07) is 6.39. The van der Waals surface area contributed by atoms with E-state index in [-0.39, 0.29) is 11.5 Å². The van der Waals surface area contributed by atoms with Gasteiger partial charge in [-0.05, 0) is 17.5 Å². The van der Waals surface area contributed by atoms with Crippen molar-refractivity contribution in [2.75, 3.05) is 6.61 Å². The van der Waals surface area contributed by atoms with E-state index in [9.17, 15) is 8.78 Å². The maximum Gasteiger partial charge on any atom is 0.275 e. The molecule has 0 unspecified atom stereocenters. The maximum atomic E-state index is 13.4. The molecule has 0 atom stereocenters. The molecule has 0 aliphatic heterocycles. The quantitative estimate of drug-likeness (QED) is 0.815. The van der Waals surface area contributed by atoms with Crippen molar-refractivity contribution in [1.29, 1.82) is 0 Å². The van der Waals surface area contributed by atoms with Crippen LogP contribution in [-0.4, -0.2) is 11.7 Å². The van der Waals surface area contributed by atoms with Gasteiger partial charge in [0.15, 0.2) is 0 Å². The molecule has 1 aromatic carbocycles. The predicted molar refractivity (Wildman–Crippen MR) is 56.1 cm³/mol. The molecule has 15 heavy (non-hydrogen) atoms. The molecule has 0 amide bonds. The molecule has 0 saturated carbocycles. The molecule has 1 aromatic rings. The third-order valence-corrected chi connectivity index (χ3v) is 2.40. The number of halogens is 2. The molecule has 0 saturated heterocycles. The minimum absolute atomic E-state index is 0.0113. The van der Waals surface area contributed by atoms with Crippen LogP contribution in [0.2, 0.25) is 0 Å². The van der Waals surface area contributed by atoms with Crippen molar-refractivity contribution in [3.05, 3.63) is 35.4 Å². The Morgan fingerprint density at radius 2 is 2.00 bits per heavy atom. The van der Waals surface area contributed by atoms with Gasteiger partial charge in [-0.3, -0.25) is 0 Å². The van der Waals surface area contributed by atoms with E-state index in [0.29, 0.717) is 0 Å². The third-order valence-electron chi connectivity index (χ3n) is 2.40. The Labute approximate surface area is 88.7 Å². The number of aliphatic hydroxyl groups is 1. The lowest BCUT2D eigenvalue weighted by Crippen LogP contribution is -2.15. The van der Waals surface area contributed by atoms with E-state index in [1.807, 2.05) is 19.9 Å². The average molecular weight is 214 g/mol. The van der Waals surface area contributed by atoms with Crippen LogP contribution in [0, 0.1) is 0 Å². The molecule has 0 fully saturated rings. The fourth-order valence-corrected chi connectivity index (χ4v) is 1.41. The van der Waals surface area contributed by atoms with E-state index >= 15 is 0 Å². The first-order valence-corrected chi connectivity index (χ1v) is 5.06. The smallest absolute Gasteiger partial charge is 0.275 e. The van der Waals surface area contributed by atoms with Gasteiger partial charge >= 0.3 is 0 Å². The van der Waals surface area contributed by atoms with Crippen molar-refractivity contribution < 1.29 is 13.9 Å². The minimum Gasteiger partial charge on any atom is -0.396 e. The van der Waals surface area contributed by atoms with E-state index in [0.717, 1.165) is 5.56 Å². The Kier molecular flexibility index (Phi) is 3.80. The highest BCUT2D eigenvalue weighted by Gasteiger charge is 2.30. The fraction of sp³-hybridized carbons (Fsp3) is 0.500. The molecular weight excluding hydrogens is 198 g/mol. The number of hydrogen-bond donors (Lipinski definition) is 1. The normalized spacial score (nSPS) is 12.1. The summed E-state index contributed by atoms with van der Waals surface area (Å²) in [5.74, 6) is -2.70. The highest BCUT2D eigenvalue weighted by atomic mass is 19.3. The Balaban J connectivity index is 2.99. The lowest BCUT2D eigenvalue weighted by molar-refractivity contribution is -0.0270. The lowest BCUT2D eigenvalue weighted by Gasteiger charge is -2.17. The third kappa shape index (κ3) is 2.99. The van der Waals surface area contributed by atoms with E-state index in [2.05, 4.69) is 0 Å². The van der Waals surface area contributed by atoms with Crippen LogP contribution in [0.3, 0.4) is 0 Å². The molecule has 0 heterocycles. The largest absolute Gasteiger partial charge is 0.396 e. The average Bonchev–Trinajstić information content (AvgIpc) is 2.18. The van der Waals surface area contributed by atoms with Crippen molar-refractivity contribution in [2.24, 2.45) is 0 Å². The number of hydrogen-bond acceptors (Lipinski definition) is 1. The molecule has 0 aliphatic rings. The maximum absolute atomic E-state index is 13.4. The summed E-state index contributed by atoms with van der Waals surface area (Å²) in [5, 5.41) is 8.56. The second-order valence-electron chi connectivity index (χ2n) is 3.96. The van der Waals surface area contributed by atoms with Crippen molar-refractivity contribution in [3.8, 4) is 0 Å². The fourth-order valence-electron chi connectivity index (χ4n) is 1.41. The summed E-state index contributed by atoms with van der Waals surface area (Å²) in [5.41, 5.74) is 0.882. The van der Waals surface area contributed by atoms with Crippen LogP contribution in [0.1, 0.15) is 37.3 Å². The monoisotopic (exact) mass is 214 g/mol. The second kappa shape index (κ2) is 4.71. The van der Waals surface area contributed by atoms with Gasteiger partial charge in [-0.1, -0.05) is 32.0 Å². The molecule has 1 rings (SSSR count). The van der Waals surface area contributed by atoms with Crippen LogP contribution < -0.4 is 0 Å². The summed E-state index contributed by atoms with van der Waals surface area (Å²) in [6.45, 7) is 3.42. The van der Waals surface area contributed by atoms with Gasteiger partial charge in [0.05, 0.1) is 0 Å². The van der Waals surface area contributed by atoms with Gasteiger partial charge in [0.2, 0.25) is 0 Å². The van der Waals surface area contributed by atoms with Gasteiger partial charge in [-0.15, -0.1) is 0 Å². The van der Waals surface area contributed by atoms with Crippen LogP contribution in [0.15, 0.2) is 24.3 Å². The molecule has 0 bridgehead atoms. The first-order valence-electron chi connectivity index (χ1n) is 5.06. The lowest BCUT2D eigenvalue weighted by atomic mass is 9.97.